The fourth-order valence-corrected chi connectivity index (χ4v) is 3.63. The molecule has 2 atom stereocenters. The third-order valence-electron chi connectivity index (χ3n) is 4.89. The molecule has 0 radical (unpaired) electrons. The van der Waals surface area contributed by atoms with Crippen molar-refractivity contribution in [2.24, 2.45) is 17.8 Å². The quantitative estimate of drug-likeness (QED) is 0.644. The highest BCUT2D eigenvalue weighted by molar-refractivity contribution is 5.36. The van der Waals surface area contributed by atoms with E-state index in [0.29, 0.717) is 0 Å². The number of fused-ring (bicyclic) bond motifs is 3. The molecule has 104 valence electrons. The van der Waals surface area contributed by atoms with Crippen molar-refractivity contribution in [1.82, 2.24) is 4.90 Å². The Hall–Kier alpha value is -1.08. The van der Waals surface area contributed by atoms with Crippen LogP contribution in [-0.4, -0.2) is 24.5 Å². The van der Waals surface area contributed by atoms with Gasteiger partial charge in [0.2, 0.25) is 0 Å². The van der Waals surface area contributed by atoms with Gasteiger partial charge in [0.1, 0.15) is 0 Å². The molecule has 0 aromatic carbocycles. The molecule has 3 aliphatic heterocycles. The summed E-state index contributed by atoms with van der Waals surface area (Å²) in [6.45, 7) is 18.3. The highest BCUT2D eigenvalue weighted by atomic mass is 15.1. The van der Waals surface area contributed by atoms with E-state index in [0.717, 1.165) is 29.7 Å². The molecule has 3 heterocycles. The van der Waals surface area contributed by atoms with Crippen LogP contribution in [0.5, 0.6) is 0 Å². The molecule has 0 N–H and O–H groups in total. The van der Waals surface area contributed by atoms with Gasteiger partial charge in [-0.2, -0.15) is 0 Å². The minimum absolute atomic E-state index is 0.717. The van der Waals surface area contributed by atoms with Gasteiger partial charge in [-0.1, -0.05) is 44.9 Å². The second-order valence-corrected chi connectivity index (χ2v) is 6.21. The predicted molar refractivity (Wildman–Crippen MR) is 84.1 cm³/mol. The number of nitrogens with zero attached hydrogens (tertiary/aromatic N) is 1. The van der Waals surface area contributed by atoms with Gasteiger partial charge in [0.15, 0.2) is 0 Å². The van der Waals surface area contributed by atoms with E-state index in [4.69, 9.17) is 0 Å². The fraction of sp³-hybridized carbons (Fsp3) is 0.556. The zero-order valence-electron chi connectivity index (χ0n) is 12.3. The lowest BCUT2D eigenvalue weighted by Gasteiger charge is -2.47. The van der Waals surface area contributed by atoms with Crippen LogP contribution in [0.1, 0.15) is 26.2 Å². The third kappa shape index (κ3) is 3.48. The van der Waals surface area contributed by atoms with E-state index in [1.807, 2.05) is 12.2 Å². The van der Waals surface area contributed by atoms with Gasteiger partial charge in [-0.3, -0.25) is 0 Å². The maximum Gasteiger partial charge on any atom is 0.00150 e. The average Bonchev–Trinajstić information content (AvgIpc) is 2.45. The zero-order valence-corrected chi connectivity index (χ0v) is 12.3. The molecule has 3 aliphatic rings. The Morgan fingerprint density at radius 2 is 2.00 bits per heavy atom. The summed E-state index contributed by atoms with van der Waals surface area (Å²) in [7, 11) is 0. The van der Waals surface area contributed by atoms with E-state index in [9.17, 15) is 0 Å². The second kappa shape index (κ2) is 6.38. The summed E-state index contributed by atoms with van der Waals surface area (Å²) in [5.41, 5.74) is 2.23. The first-order valence-electron chi connectivity index (χ1n) is 7.50. The molecule has 0 aromatic heterocycles. The molecule has 2 bridgehead atoms. The van der Waals surface area contributed by atoms with Crippen molar-refractivity contribution < 1.29 is 0 Å². The molecule has 3 rings (SSSR count). The SMILES string of the molecule is C=CC=CC(=C)C(=C)CC(C)C1CN2CCC1CC2. The Morgan fingerprint density at radius 1 is 1.32 bits per heavy atom. The monoisotopic (exact) mass is 257 g/mol. The third-order valence-corrected chi connectivity index (χ3v) is 4.89. The van der Waals surface area contributed by atoms with Gasteiger partial charge < -0.3 is 4.90 Å². The number of hydrogen-bond donors (Lipinski definition) is 0. The Morgan fingerprint density at radius 3 is 2.53 bits per heavy atom. The number of rotatable bonds is 6. The predicted octanol–water partition coefficient (Wildman–Crippen LogP) is 4.21. The number of piperidine rings is 3. The van der Waals surface area contributed by atoms with Crippen molar-refractivity contribution in [3.05, 3.63) is 49.1 Å². The van der Waals surface area contributed by atoms with Crippen LogP contribution in [0.15, 0.2) is 49.1 Å². The normalized spacial score (nSPS) is 31.3. The van der Waals surface area contributed by atoms with Crippen molar-refractivity contribution >= 4 is 0 Å². The summed E-state index contributed by atoms with van der Waals surface area (Å²) in [6, 6.07) is 0. The lowest BCUT2D eigenvalue weighted by atomic mass is 9.71. The number of allylic oxidation sites excluding steroid dienone is 5. The van der Waals surface area contributed by atoms with Crippen molar-refractivity contribution in [3.63, 3.8) is 0 Å². The Bertz CT molecular complexity index is 382. The first-order valence-corrected chi connectivity index (χ1v) is 7.50. The largest absolute Gasteiger partial charge is 0.303 e. The van der Waals surface area contributed by atoms with Crippen molar-refractivity contribution in [3.8, 4) is 0 Å². The highest BCUT2D eigenvalue weighted by Gasteiger charge is 2.36. The molecule has 0 amide bonds. The Kier molecular flexibility index (Phi) is 4.81. The molecular weight excluding hydrogens is 230 g/mol. The Labute approximate surface area is 118 Å². The van der Waals surface area contributed by atoms with Crippen LogP contribution in [0.4, 0.5) is 0 Å². The maximum atomic E-state index is 4.21. The van der Waals surface area contributed by atoms with Gasteiger partial charge in [-0.05, 0) is 61.3 Å². The van der Waals surface area contributed by atoms with E-state index in [1.165, 1.54) is 38.0 Å². The van der Waals surface area contributed by atoms with Gasteiger partial charge in [0.05, 0.1) is 0 Å². The second-order valence-electron chi connectivity index (χ2n) is 6.21. The van der Waals surface area contributed by atoms with Crippen molar-refractivity contribution in [2.45, 2.75) is 26.2 Å². The summed E-state index contributed by atoms with van der Waals surface area (Å²) < 4.78 is 0. The van der Waals surface area contributed by atoms with Crippen LogP contribution in [0.3, 0.4) is 0 Å². The minimum Gasteiger partial charge on any atom is -0.303 e. The molecule has 0 aromatic rings. The standard InChI is InChI=1S/C18H27N/c1-5-6-7-14(2)15(3)12-16(4)18-13-19-10-8-17(18)9-11-19/h5-7,16-18H,1-3,8-13H2,4H3. The average molecular weight is 257 g/mol. The van der Waals surface area contributed by atoms with Crippen LogP contribution in [-0.2, 0) is 0 Å². The molecule has 3 fully saturated rings. The van der Waals surface area contributed by atoms with Crippen molar-refractivity contribution in [1.29, 1.82) is 0 Å². The highest BCUT2D eigenvalue weighted by Crippen LogP contribution is 2.39. The maximum absolute atomic E-state index is 4.21. The van der Waals surface area contributed by atoms with E-state index in [2.05, 4.69) is 31.6 Å². The van der Waals surface area contributed by atoms with Gasteiger partial charge in [0, 0.05) is 6.54 Å². The van der Waals surface area contributed by atoms with Crippen LogP contribution >= 0.6 is 0 Å². The molecule has 0 aliphatic carbocycles. The van der Waals surface area contributed by atoms with Crippen LogP contribution < -0.4 is 0 Å². The molecule has 0 saturated carbocycles. The first-order chi connectivity index (χ1) is 9.11. The molecule has 19 heavy (non-hydrogen) atoms. The summed E-state index contributed by atoms with van der Waals surface area (Å²) in [4.78, 5) is 2.64. The van der Waals surface area contributed by atoms with Gasteiger partial charge in [0.25, 0.3) is 0 Å². The van der Waals surface area contributed by atoms with Gasteiger partial charge in [-0.15, -0.1) is 0 Å². The molecule has 3 saturated heterocycles. The summed E-state index contributed by atoms with van der Waals surface area (Å²) >= 11 is 0. The summed E-state index contributed by atoms with van der Waals surface area (Å²) in [6.07, 6.45) is 9.62. The molecule has 1 heteroatoms. The first kappa shape index (κ1) is 14.3. The van der Waals surface area contributed by atoms with E-state index in [1.54, 1.807) is 6.08 Å². The smallest absolute Gasteiger partial charge is 0.00150 e. The van der Waals surface area contributed by atoms with Crippen LogP contribution in [0.25, 0.3) is 0 Å². The lowest BCUT2D eigenvalue weighted by molar-refractivity contribution is 0.0237. The zero-order chi connectivity index (χ0) is 13.8. The minimum atomic E-state index is 0.717. The van der Waals surface area contributed by atoms with Gasteiger partial charge >= 0.3 is 0 Å². The summed E-state index contributed by atoms with van der Waals surface area (Å²) in [5, 5.41) is 0. The van der Waals surface area contributed by atoms with Crippen LogP contribution in [0, 0.1) is 17.8 Å². The van der Waals surface area contributed by atoms with Crippen molar-refractivity contribution in [2.75, 3.05) is 19.6 Å². The van der Waals surface area contributed by atoms with Gasteiger partial charge in [-0.25, -0.2) is 0 Å². The number of hydrogen-bond acceptors (Lipinski definition) is 1. The van der Waals surface area contributed by atoms with E-state index >= 15 is 0 Å². The molecular formula is C18H27N. The van der Waals surface area contributed by atoms with E-state index < -0.39 is 0 Å². The molecule has 1 nitrogen and oxygen atoms in total. The lowest BCUT2D eigenvalue weighted by Crippen LogP contribution is -2.49. The molecule has 0 spiro atoms. The summed E-state index contributed by atoms with van der Waals surface area (Å²) in [5.74, 6) is 2.52. The van der Waals surface area contributed by atoms with Crippen LogP contribution in [0.2, 0.25) is 0 Å². The fourth-order valence-electron chi connectivity index (χ4n) is 3.63. The Balaban J connectivity index is 1.88. The van der Waals surface area contributed by atoms with E-state index in [-0.39, 0.29) is 0 Å². The molecule has 2 unspecified atom stereocenters. The topological polar surface area (TPSA) is 3.24 Å².